The standard InChI is InChI=1S/C25H22ClF3O7/c1-2-33-14-3-4-16(20(11-14)35-8-7-34-15-9-13(10-15)24(31)32)21-12-19(30)22-17(25(27,28)29)5-6-18(26)23(22)36-21/h3-6,11-13,15H,2,7-10H2,1H3,(H,31,32). The molecule has 1 heterocycles. The van der Waals surface area contributed by atoms with Crippen LogP contribution in [0.25, 0.3) is 22.3 Å². The molecule has 7 nitrogen and oxygen atoms in total. The number of carboxylic acids is 1. The average molecular weight is 527 g/mol. The fourth-order valence-electron chi connectivity index (χ4n) is 3.95. The normalized spacial score (nSPS) is 17.6. The summed E-state index contributed by atoms with van der Waals surface area (Å²) in [5, 5.41) is 8.16. The number of hydrogen-bond donors (Lipinski definition) is 1. The molecule has 1 aromatic heterocycles. The number of rotatable bonds is 9. The highest BCUT2D eigenvalue weighted by atomic mass is 35.5. The molecule has 2 aromatic carbocycles. The zero-order valence-electron chi connectivity index (χ0n) is 19.1. The smallest absolute Gasteiger partial charge is 0.417 e. The van der Waals surface area contributed by atoms with Gasteiger partial charge in [0.1, 0.15) is 23.9 Å². The first-order valence-corrected chi connectivity index (χ1v) is 11.5. The number of carbonyl (C=O) groups is 1. The molecule has 0 unspecified atom stereocenters. The van der Waals surface area contributed by atoms with Crippen molar-refractivity contribution in [3.05, 3.63) is 57.2 Å². The van der Waals surface area contributed by atoms with Crippen LogP contribution in [0.3, 0.4) is 0 Å². The summed E-state index contributed by atoms with van der Waals surface area (Å²) in [5.74, 6) is -0.544. The van der Waals surface area contributed by atoms with E-state index >= 15 is 0 Å². The van der Waals surface area contributed by atoms with Crippen molar-refractivity contribution >= 4 is 28.5 Å². The molecule has 0 spiro atoms. The molecular formula is C25H22ClF3O7. The summed E-state index contributed by atoms with van der Waals surface area (Å²) < 4.78 is 63.0. The van der Waals surface area contributed by atoms with E-state index in [9.17, 15) is 22.8 Å². The van der Waals surface area contributed by atoms with E-state index in [4.69, 9.17) is 35.3 Å². The topological polar surface area (TPSA) is 95.2 Å². The minimum absolute atomic E-state index is 0.0315. The summed E-state index contributed by atoms with van der Waals surface area (Å²) in [7, 11) is 0. The molecule has 3 aromatic rings. The lowest BCUT2D eigenvalue weighted by Crippen LogP contribution is -2.37. The van der Waals surface area contributed by atoms with Gasteiger partial charge in [-0.25, -0.2) is 0 Å². The third-order valence-electron chi connectivity index (χ3n) is 5.80. The lowest BCUT2D eigenvalue weighted by atomic mass is 9.82. The Balaban J connectivity index is 1.62. The van der Waals surface area contributed by atoms with Crippen LogP contribution < -0.4 is 14.9 Å². The van der Waals surface area contributed by atoms with Gasteiger partial charge in [-0.3, -0.25) is 9.59 Å². The van der Waals surface area contributed by atoms with Crippen LogP contribution in [0.5, 0.6) is 11.5 Å². The summed E-state index contributed by atoms with van der Waals surface area (Å²) in [5.41, 5.74) is -2.11. The maximum Gasteiger partial charge on any atom is 0.417 e. The maximum atomic E-state index is 13.5. The zero-order chi connectivity index (χ0) is 26.0. The van der Waals surface area contributed by atoms with Gasteiger partial charge in [0.15, 0.2) is 11.0 Å². The van der Waals surface area contributed by atoms with Gasteiger partial charge in [0.05, 0.1) is 46.8 Å². The lowest BCUT2D eigenvalue weighted by molar-refractivity contribution is -0.151. The van der Waals surface area contributed by atoms with Crippen molar-refractivity contribution in [2.75, 3.05) is 19.8 Å². The molecule has 0 bridgehead atoms. The van der Waals surface area contributed by atoms with E-state index in [1.165, 1.54) is 0 Å². The maximum absolute atomic E-state index is 13.5. The molecule has 1 saturated carbocycles. The number of halogens is 4. The third kappa shape index (κ3) is 5.44. The monoisotopic (exact) mass is 526 g/mol. The molecule has 4 rings (SSSR count). The number of fused-ring (bicyclic) bond motifs is 1. The number of aliphatic carboxylic acids is 1. The highest BCUT2D eigenvalue weighted by Gasteiger charge is 2.36. The SMILES string of the molecule is CCOc1ccc(-c2cc(=O)c3c(C(F)(F)F)ccc(Cl)c3o2)c(OCCOC2CC(C(=O)O)C2)c1. The van der Waals surface area contributed by atoms with E-state index in [0.29, 0.717) is 30.8 Å². The predicted octanol–water partition coefficient (Wildman–Crippen LogP) is 5.79. The molecule has 0 radical (unpaired) electrons. The first-order valence-electron chi connectivity index (χ1n) is 11.2. The van der Waals surface area contributed by atoms with Gasteiger partial charge in [0.25, 0.3) is 0 Å². The van der Waals surface area contributed by atoms with Crippen molar-refractivity contribution in [1.29, 1.82) is 0 Å². The second kappa shape index (κ2) is 10.4. The summed E-state index contributed by atoms with van der Waals surface area (Å²) in [4.78, 5) is 23.7. The number of alkyl halides is 3. The molecule has 1 N–H and O–H groups in total. The van der Waals surface area contributed by atoms with Crippen LogP contribution in [0.1, 0.15) is 25.3 Å². The van der Waals surface area contributed by atoms with Crippen LogP contribution in [0.2, 0.25) is 5.02 Å². The fraction of sp³-hybridized carbons (Fsp3) is 0.360. The number of benzene rings is 2. The van der Waals surface area contributed by atoms with Crippen molar-refractivity contribution in [3.8, 4) is 22.8 Å². The minimum Gasteiger partial charge on any atom is -0.494 e. The molecule has 1 aliphatic rings. The molecule has 0 amide bonds. The van der Waals surface area contributed by atoms with Crippen LogP contribution in [0, 0.1) is 5.92 Å². The van der Waals surface area contributed by atoms with E-state index in [1.54, 1.807) is 25.1 Å². The summed E-state index contributed by atoms with van der Waals surface area (Å²) >= 11 is 6.09. The molecule has 36 heavy (non-hydrogen) atoms. The number of carboxylic acid groups (broad SMARTS) is 1. The largest absolute Gasteiger partial charge is 0.494 e. The van der Waals surface area contributed by atoms with Crippen LogP contribution in [0.4, 0.5) is 13.2 Å². The Kier molecular flexibility index (Phi) is 7.46. The number of ether oxygens (including phenoxy) is 3. The molecule has 0 aliphatic heterocycles. The Morgan fingerprint density at radius 3 is 2.56 bits per heavy atom. The average Bonchev–Trinajstić information content (AvgIpc) is 2.77. The second-order valence-electron chi connectivity index (χ2n) is 8.21. The van der Waals surface area contributed by atoms with Gasteiger partial charge in [-0.05, 0) is 44.0 Å². The first kappa shape index (κ1) is 25.8. The summed E-state index contributed by atoms with van der Waals surface area (Å²) in [6.07, 6.45) is -4.06. The van der Waals surface area contributed by atoms with Gasteiger partial charge in [0.2, 0.25) is 0 Å². The first-order chi connectivity index (χ1) is 17.1. The van der Waals surface area contributed by atoms with Gasteiger partial charge < -0.3 is 23.7 Å². The lowest BCUT2D eigenvalue weighted by Gasteiger charge is -2.32. The molecule has 1 aliphatic carbocycles. The van der Waals surface area contributed by atoms with Gasteiger partial charge in [-0.1, -0.05) is 11.6 Å². The van der Waals surface area contributed by atoms with Gasteiger partial charge in [0, 0.05) is 12.1 Å². The Bertz CT molecular complexity index is 1330. The Morgan fingerprint density at radius 1 is 1.14 bits per heavy atom. The highest BCUT2D eigenvalue weighted by Crippen LogP contribution is 2.39. The van der Waals surface area contributed by atoms with E-state index in [-0.39, 0.29) is 41.4 Å². The van der Waals surface area contributed by atoms with Crippen molar-refractivity contribution in [2.45, 2.75) is 32.0 Å². The molecule has 0 atom stereocenters. The van der Waals surface area contributed by atoms with Crippen molar-refractivity contribution in [1.82, 2.24) is 0 Å². The molecule has 192 valence electrons. The van der Waals surface area contributed by atoms with Gasteiger partial charge in [-0.15, -0.1) is 0 Å². The summed E-state index contributed by atoms with van der Waals surface area (Å²) in [6, 6.07) is 7.49. The van der Waals surface area contributed by atoms with Crippen molar-refractivity contribution in [2.24, 2.45) is 5.92 Å². The Labute approximate surface area is 208 Å². The van der Waals surface area contributed by atoms with Crippen molar-refractivity contribution in [3.63, 3.8) is 0 Å². The molecule has 0 saturated heterocycles. The quantitative estimate of drug-likeness (QED) is 0.353. The van der Waals surface area contributed by atoms with Crippen LogP contribution in [-0.4, -0.2) is 37.0 Å². The van der Waals surface area contributed by atoms with E-state index in [2.05, 4.69) is 0 Å². The molecule has 1 fully saturated rings. The van der Waals surface area contributed by atoms with Crippen LogP contribution in [-0.2, 0) is 15.7 Å². The van der Waals surface area contributed by atoms with E-state index < -0.39 is 34.4 Å². The Morgan fingerprint density at radius 2 is 1.89 bits per heavy atom. The Hall–Kier alpha value is -3.24. The number of hydrogen-bond acceptors (Lipinski definition) is 6. The van der Waals surface area contributed by atoms with Crippen molar-refractivity contribution < 1.29 is 41.7 Å². The molecular weight excluding hydrogens is 505 g/mol. The minimum atomic E-state index is -4.77. The van der Waals surface area contributed by atoms with Gasteiger partial charge in [-0.2, -0.15) is 13.2 Å². The van der Waals surface area contributed by atoms with Gasteiger partial charge >= 0.3 is 12.1 Å². The highest BCUT2D eigenvalue weighted by molar-refractivity contribution is 6.34. The van der Waals surface area contributed by atoms with E-state index in [0.717, 1.165) is 18.2 Å². The van der Waals surface area contributed by atoms with Crippen LogP contribution >= 0.6 is 11.6 Å². The fourth-order valence-corrected chi connectivity index (χ4v) is 4.15. The zero-order valence-corrected chi connectivity index (χ0v) is 19.8. The second-order valence-corrected chi connectivity index (χ2v) is 8.62. The molecule has 11 heteroatoms. The summed E-state index contributed by atoms with van der Waals surface area (Å²) in [6.45, 7) is 2.45. The predicted molar refractivity (Wildman–Crippen MR) is 125 cm³/mol. The van der Waals surface area contributed by atoms with Crippen LogP contribution in [0.15, 0.2) is 45.6 Å². The third-order valence-corrected chi connectivity index (χ3v) is 6.10. The van der Waals surface area contributed by atoms with E-state index in [1.807, 2.05) is 0 Å².